The van der Waals surface area contributed by atoms with Gasteiger partial charge in [0.05, 0.1) is 11.5 Å². The lowest BCUT2D eigenvalue weighted by molar-refractivity contribution is -0.141. The maximum Gasteiger partial charge on any atom is 0.306 e. The summed E-state index contributed by atoms with van der Waals surface area (Å²) in [5.74, 6) is -1.48. The molecule has 2 aliphatic carbocycles. The number of carboxylic acids is 1. The SMILES string of the molecule is O=C(O)[C@H]1CC[C@@H](C(=O)NCC2(O)CCC2)C1. The second-order valence-electron chi connectivity index (χ2n) is 5.34. The summed E-state index contributed by atoms with van der Waals surface area (Å²) in [4.78, 5) is 22.6. The van der Waals surface area contributed by atoms with Crippen LogP contribution in [0.2, 0.25) is 0 Å². The molecule has 0 unspecified atom stereocenters. The number of carbonyl (C=O) groups excluding carboxylic acids is 1. The lowest BCUT2D eigenvalue weighted by Crippen LogP contribution is -2.48. The number of nitrogens with one attached hydrogen (secondary N) is 1. The molecule has 0 bridgehead atoms. The summed E-state index contributed by atoms with van der Waals surface area (Å²) in [5.41, 5.74) is -0.708. The minimum absolute atomic E-state index is 0.103. The number of rotatable bonds is 4. The van der Waals surface area contributed by atoms with Crippen LogP contribution in [0, 0.1) is 11.8 Å². The van der Waals surface area contributed by atoms with E-state index in [1.807, 2.05) is 0 Å². The Kier molecular flexibility index (Phi) is 3.38. The van der Waals surface area contributed by atoms with Crippen molar-refractivity contribution >= 4 is 11.9 Å². The van der Waals surface area contributed by atoms with Gasteiger partial charge in [-0.25, -0.2) is 0 Å². The van der Waals surface area contributed by atoms with Gasteiger partial charge in [-0.2, -0.15) is 0 Å². The molecule has 2 fully saturated rings. The topological polar surface area (TPSA) is 86.6 Å². The van der Waals surface area contributed by atoms with E-state index in [1.54, 1.807) is 0 Å². The molecule has 0 aromatic carbocycles. The van der Waals surface area contributed by atoms with Crippen LogP contribution in [0.25, 0.3) is 0 Å². The number of aliphatic carboxylic acids is 1. The molecular weight excluding hydrogens is 222 g/mol. The highest BCUT2D eigenvalue weighted by Crippen LogP contribution is 2.33. The average Bonchev–Trinajstić information content (AvgIpc) is 2.72. The first-order valence-electron chi connectivity index (χ1n) is 6.23. The molecule has 5 nitrogen and oxygen atoms in total. The third-order valence-corrected chi connectivity index (χ3v) is 4.03. The summed E-state index contributed by atoms with van der Waals surface area (Å²) >= 11 is 0. The van der Waals surface area contributed by atoms with E-state index in [1.165, 1.54) is 0 Å². The van der Waals surface area contributed by atoms with Crippen molar-refractivity contribution in [1.29, 1.82) is 0 Å². The zero-order chi connectivity index (χ0) is 12.5. The Morgan fingerprint density at radius 2 is 1.88 bits per heavy atom. The number of carboxylic acid groups (broad SMARTS) is 1. The Hall–Kier alpha value is -1.10. The molecule has 0 radical (unpaired) electrons. The zero-order valence-electron chi connectivity index (χ0n) is 9.82. The lowest BCUT2D eigenvalue weighted by atomic mass is 9.80. The van der Waals surface area contributed by atoms with Gasteiger partial charge < -0.3 is 15.5 Å². The van der Waals surface area contributed by atoms with Gasteiger partial charge in [0.2, 0.25) is 5.91 Å². The van der Waals surface area contributed by atoms with Crippen LogP contribution in [-0.2, 0) is 9.59 Å². The monoisotopic (exact) mass is 241 g/mol. The van der Waals surface area contributed by atoms with Crippen molar-refractivity contribution in [3.63, 3.8) is 0 Å². The fourth-order valence-corrected chi connectivity index (χ4v) is 2.60. The Labute approximate surface area is 100 Å². The molecule has 2 saturated carbocycles. The predicted octanol–water partition coefficient (Wildman–Crippen LogP) is 0.518. The van der Waals surface area contributed by atoms with Crippen molar-refractivity contribution < 1.29 is 19.8 Å². The van der Waals surface area contributed by atoms with E-state index in [2.05, 4.69) is 5.32 Å². The Bertz CT molecular complexity index is 324. The molecule has 0 spiro atoms. The highest BCUT2D eigenvalue weighted by atomic mass is 16.4. The van der Waals surface area contributed by atoms with Crippen LogP contribution in [0.4, 0.5) is 0 Å². The molecular formula is C12H19NO4. The fourth-order valence-electron chi connectivity index (χ4n) is 2.60. The molecule has 2 rings (SSSR count). The van der Waals surface area contributed by atoms with Crippen molar-refractivity contribution in [2.24, 2.45) is 11.8 Å². The summed E-state index contributed by atoms with van der Waals surface area (Å²) in [6, 6.07) is 0. The molecule has 0 aromatic heterocycles. The fraction of sp³-hybridized carbons (Fsp3) is 0.833. The van der Waals surface area contributed by atoms with Crippen molar-refractivity contribution in [2.75, 3.05) is 6.54 Å². The van der Waals surface area contributed by atoms with E-state index in [0.717, 1.165) is 19.3 Å². The van der Waals surface area contributed by atoms with Crippen LogP contribution in [0.15, 0.2) is 0 Å². The number of aliphatic hydroxyl groups is 1. The van der Waals surface area contributed by atoms with Gasteiger partial charge in [-0.05, 0) is 38.5 Å². The van der Waals surface area contributed by atoms with Crippen LogP contribution >= 0.6 is 0 Å². The number of hydrogen-bond acceptors (Lipinski definition) is 3. The van der Waals surface area contributed by atoms with Crippen LogP contribution in [0.1, 0.15) is 38.5 Å². The van der Waals surface area contributed by atoms with Crippen molar-refractivity contribution in [2.45, 2.75) is 44.1 Å². The Morgan fingerprint density at radius 1 is 1.24 bits per heavy atom. The smallest absolute Gasteiger partial charge is 0.306 e. The van der Waals surface area contributed by atoms with Crippen LogP contribution in [-0.4, -0.2) is 34.2 Å². The van der Waals surface area contributed by atoms with E-state index in [4.69, 9.17) is 5.11 Å². The standard InChI is InChI=1S/C12H19NO4/c14-10(13-7-12(17)4-1-5-12)8-2-3-9(6-8)11(15)16/h8-9,17H,1-7H2,(H,13,14)(H,15,16)/t8-,9+/m1/s1. The number of hydrogen-bond donors (Lipinski definition) is 3. The van der Waals surface area contributed by atoms with E-state index in [9.17, 15) is 14.7 Å². The van der Waals surface area contributed by atoms with E-state index >= 15 is 0 Å². The zero-order valence-corrected chi connectivity index (χ0v) is 9.82. The van der Waals surface area contributed by atoms with Gasteiger partial charge in [-0.3, -0.25) is 9.59 Å². The first-order chi connectivity index (χ1) is 8.00. The van der Waals surface area contributed by atoms with Crippen molar-refractivity contribution in [3.05, 3.63) is 0 Å². The summed E-state index contributed by atoms with van der Waals surface area (Å²) < 4.78 is 0. The summed E-state index contributed by atoms with van der Waals surface area (Å²) in [7, 11) is 0. The van der Waals surface area contributed by atoms with E-state index in [-0.39, 0.29) is 17.7 Å². The maximum atomic E-state index is 11.8. The quantitative estimate of drug-likeness (QED) is 0.669. The molecule has 2 atom stereocenters. The second-order valence-corrected chi connectivity index (χ2v) is 5.34. The van der Waals surface area contributed by atoms with Gasteiger partial charge in [0.25, 0.3) is 0 Å². The van der Waals surface area contributed by atoms with Gasteiger partial charge >= 0.3 is 5.97 Å². The first kappa shape index (κ1) is 12.4. The van der Waals surface area contributed by atoms with Crippen LogP contribution < -0.4 is 5.32 Å². The normalized spacial score (nSPS) is 30.6. The molecule has 96 valence electrons. The first-order valence-corrected chi connectivity index (χ1v) is 6.23. The van der Waals surface area contributed by atoms with Crippen LogP contribution in [0.5, 0.6) is 0 Å². The van der Waals surface area contributed by atoms with Gasteiger partial charge in [0.15, 0.2) is 0 Å². The third kappa shape index (κ3) is 2.77. The predicted molar refractivity (Wildman–Crippen MR) is 60.3 cm³/mol. The molecule has 0 saturated heterocycles. The minimum atomic E-state index is -0.807. The minimum Gasteiger partial charge on any atom is -0.481 e. The Balaban J connectivity index is 1.75. The summed E-state index contributed by atoms with van der Waals surface area (Å²) in [5, 5.41) is 21.4. The average molecular weight is 241 g/mol. The number of carbonyl (C=O) groups is 2. The Morgan fingerprint density at radius 3 is 2.35 bits per heavy atom. The molecule has 2 aliphatic rings. The second kappa shape index (κ2) is 4.64. The summed E-state index contributed by atoms with van der Waals surface area (Å²) in [6.07, 6.45) is 4.15. The highest BCUT2D eigenvalue weighted by molar-refractivity contribution is 5.80. The van der Waals surface area contributed by atoms with Crippen LogP contribution in [0.3, 0.4) is 0 Å². The summed E-state index contributed by atoms with van der Waals surface area (Å²) in [6.45, 7) is 0.306. The van der Waals surface area contributed by atoms with E-state index in [0.29, 0.717) is 25.8 Å². The molecule has 5 heteroatoms. The van der Waals surface area contributed by atoms with E-state index < -0.39 is 11.6 Å². The van der Waals surface area contributed by atoms with Gasteiger partial charge in [-0.1, -0.05) is 0 Å². The molecule has 17 heavy (non-hydrogen) atoms. The number of amides is 1. The van der Waals surface area contributed by atoms with Gasteiger partial charge in [-0.15, -0.1) is 0 Å². The van der Waals surface area contributed by atoms with Crippen molar-refractivity contribution in [3.8, 4) is 0 Å². The van der Waals surface area contributed by atoms with Crippen molar-refractivity contribution in [1.82, 2.24) is 5.32 Å². The molecule has 0 aliphatic heterocycles. The lowest BCUT2D eigenvalue weighted by Gasteiger charge is -2.36. The largest absolute Gasteiger partial charge is 0.481 e. The highest BCUT2D eigenvalue weighted by Gasteiger charge is 2.37. The molecule has 0 aromatic rings. The maximum absolute atomic E-state index is 11.8. The third-order valence-electron chi connectivity index (χ3n) is 4.03. The molecule has 1 amide bonds. The molecule has 3 N–H and O–H groups in total. The molecule has 0 heterocycles. The van der Waals surface area contributed by atoms with Gasteiger partial charge in [0.1, 0.15) is 0 Å². The van der Waals surface area contributed by atoms with Gasteiger partial charge in [0, 0.05) is 12.5 Å².